The highest BCUT2D eigenvalue weighted by atomic mass is 19.1. The van der Waals surface area contributed by atoms with Crippen molar-refractivity contribution in [1.82, 2.24) is 5.32 Å². The maximum absolute atomic E-state index is 13.4. The lowest BCUT2D eigenvalue weighted by Crippen LogP contribution is -2.22. The topological polar surface area (TPSA) is 67.2 Å². The van der Waals surface area contributed by atoms with Crippen LogP contribution in [-0.4, -0.2) is 25.5 Å². The summed E-state index contributed by atoms with van der Waals surface area (Å²) in [6.45, 7) is 4.27. The van der Waals surface area contributed by atoms with Gasteiger partial charge in [-0.3, -0.25) is 4.79 Å². The zero-order valence-corrected chi connectivity index (χ0v) is 9.22. The van der Waals surface area contributed by atoms with Gasteiger partial charge in [-0.05, 0) is 24.7 Å². The van der Waals surface area contributed by atoms with Gasteiger partial charge in [0.1, 0.15) is 5.82 Å². The summed E-state index contributed by atoms with van der Waals surface area (Å²) >= 11 is 0. The number of anilines is 1. The molecule has 0 saturated heterocycles. The molecule has 0 aliphatic rings. The molecule has 0 aromatic heterocycles. The number of carbonyl (C=O) groups is 1. The van der Waals surface area contributed by atoms with Crippen LogP contribution in [0.25, 0.3) is 0 Å². The van der Waals surface area contributed by atoms with Crippen LogP contribution < -0.4 is 16.4 Å². The number of nitrogens with two attached hydrogens (primary N) is 1. The quantitative estimate of drug-likeness (QED) is 0.631. The van der Waals surface area contributed by atoms with Crippen molar-refractivity contribution in [3.8, 4) is 0 Å². The first kappa shape index (κ1) is 12.4. The Morgan fingerprint density at radius 3 is 2.75 bits per heavy atom. The summed E-state index contributed by atoms with van der Waals surface area (Å²) in [7, 11) is 0. The number of carbonyl (C=O) groups excluding carboxylic acids is 1. The molecule has 0 saturated carbocycles. The molecular weight excluding hydrogens is 209 g/mol. The Labute approximate surface area is 94.0 Å². The average Bonchev–Trinajstić information content (AvgIpc) is 2.26. The molecule has 0 atom stereocenters. The normalized spacial score (nSPS) is 10.1. The number of hydrogen-bond donors (Lipinski definition) is 3. The molecule has 1 aromatic carbocycles. The number of benzene rings is 1. The maximum Gasteiger partial charge on any atom is 0.248 e. The number of likely N-dealkylation sites (N-methyl/N-ethyl adjacent to an activating group) is 1. The summed E-state index contributed by atoms with van der Waals surface area (Å²) in [5.41, 5.74) is 5.59. The third-order valence-corrected chi connectivity index (χ3v) is 2.12. The molecule has 0 radical (unpaired) electrons. The monoisotopic (exact) mass is 225 g/mol. The maximum atomic E-state index is 13.4. The fraction of sp³-hybridized carbons (Fsp3) is 0.364. The second-order valence-corrected chi connectivity index (χ2v) is 3.34. The minimum absolute atomic E-state index is 0.176. The van der Waals surface area contributed by atoms with E-state index in [2.05, 4.69) is 10.6 Å². The van der Waals surface area contributed by atoms with Crippen molar-refractivity contribution in [1.29, 1.82) is 0 Å². The molecule has 88 valence electrons. The van der Waals surface area contributed by atoms with Crippen molar-refractivity contribution in [2.24, 2.45) is 5.73 Å². The highest BCUT2D eigenvalue weighted by molar-refractivity contribution is 5.93. The van der Waals surface area contributed by atoms with Gasteiger partial charge in [0, 0.05) is 18.7 Å². The summed E-state index contributed by atoms with van der Waals surface area (Å²) in [6, 6.07) is 4.15. The first-order valence-electron chi connectivity index (χ1n) is 5.19. The Morgan fingerprint density at radius 2 is 2.19 bits per heavy atom. The fourth-order valence-corrected chi connectivity index (χ4v) is 1.27. The van der Waals surface area contributed by atoms with E-state index in [1.54, 1.807) is 0 Å². The van der Waals surface area contributed by atoms with Crippen molar-refractivity contribution < 1.29 is 9.18 Å². The Morgan fingerprint density at radius 1 is 1.44 bits per heavy atom. The number of primary amides is 1. The molecule has 4 N–H and O–H groups in total. The second-order valence-electron chi connectivity index (χ2n) is 3.34. The second kappa shape index (κ2) is 6.07. The standard InChI is InChI=1S/C11H16FN3O/c1-2-14-5-6-15-10-4-3-8(11(13)16)7-9(10)12/h3-4,7,14-15H,2,5-6H2,1H3,(H2,13,16). The Hall–Kier alpha value is -1.62. The highest BCUT2D eigenvalue weighted by Gasteiger charge is 2.05. The molecule has 4 nitrogen and oxygen atoms in total. The molecule has 0 heterocycles. The van der Waals surface area contributed by atoms with Gasteiger partial charge >= 0.3 is 0 Å². The Bertz CT molecular complexity index is 368. The molecule has 0 fully saturated rings. The van der Waals surface area contributed by atoms with Crippen LogP contribution in [0.3, 0.4) is 0 Å². The van der Waals surface area contributed by atoms with Crippen LogP contribution in [0.5, 0.6) is 0 Å². The summed E-state index contributed by atoms with van der Waals surface area (Å²) < 4.78 is 13.4. The van der Waals surface area contributed by atoms with E-state index in [1.165, 1.54) is 12.1 Å². The molecule has 1 amide bonds. The fourth-order valence-electron chi connectivity index (χ4n) is 1.27. The van der Waals surface area contributed by atoms with Gasteiger partial charge in [0.15, 0.2) is 0 Å². The summed E-state index contributed by atoms with van der Waals surface area (Å²) in [6.07, 6.45) is 0. The van der Waals surface area contributed by atoms with Gasteiger partial charge in [0.25, 0.3) is 0 Å². The molecule has 1 rings (SSSR count). The minimum Gasteiger partial charge on any atom is -0.381 e. The number of hydrogen-bond acceptors (Lipinski definition) is 3. The lowest BCUT2D eigenvalue weighted by atomic mass is 10.2. The zero-order valence-electron chi connectivity index (χ0n) is 9.22. The lowest BCUT2D eigenvalue weighted by Gasteiger charge is -2.08. The molecule has 0 aliphatic carbocycles. The van der Waals surface area contributed by atoms with E-state index in [0.29, 0.717) is 12.2 Å². The van der Waals surface area contributed by atoms with Gasteiger partial charge in [0.05, 0.1) is 5.69 Å². The SMILES string of the molecule is CCNCCNc1ccc(C(N)=O)cc1F. The number of halogens is 1. The number of rotatable bonds is 6. The molecule has 0 unspecified atom stereocenters. The van der Waals surface area contributed by atoms with Crippen LogP contribution in [0.2, 0.25) is 0 Å². The van der Waals surface area contributed by atoms with E-state index < -0.39 is 11.7 Å². The Balaban J connectivity index is 2.57. The summed E-state index contributed by atoms with van der Waals surface area (Å²) in [5.74, 6) is -1.09. The summed E-state index contributed by atoms with van der Waals surface area (Å²) in [4.78, 5) is 10.8. The van der Waals surface area contributed by atoms with E-state index in [0.717, 1.165) is 19.2 Å². The lowest BCUT2D eigenvalue weighted by molar-refractivity contribution is 0.1000. The van der Waals surface area contributed by atoms with E-state index in [4.69, 9.17) is 5.73 Å². The van der Waals surface area contributed by atoms with Gasteiger partial charge in [-0.1, -0.05) is 6.92 Å². The van der Waals surface area contributed by atoms with Crippen molar-refractivity contribution in [3.63, 3.8) is 0 Å². The predicted octanol–water partition coefficient (Wildman–Crippen LogP) is 0.946. The zero-order chi connectivity index (χ0) is 12.0. The predicted molar refractivity (Wildman–Crippen MR) is 62.0 cm³/mol. The van der Waals surface area contributed by atoms with Crippen LogP contribution in [0.15, 0.2) is 18.2 Å². The van der Waals surface area contributed by atoms with Crippen LogP contribution in [-0.2, 0) is 0 Å². The van der Waals surface area contributed by atoms with Crippen LogP contribution in [0.1, 0.15) is 17.3 Å². The molecule has 0 spiro atoms. The van der Waals surface area contributed by atoms with Gasteiger partial charge < -0.3 is 16.4 Å². The van der Waals surface area contributed by atoms with Gasteiger partial charge in [-0.15, -0.1) is 0 Å². The molecular formula is C11H16FN3O. The third kappa shape index (κ3) is 3.51. The average molecular weight is 225 g/mol. The van der Waals surface area contributed by atoms with Crippen molar-refractivity contribution in [2.45, 2.75) is 6.92 Å². The molecule has 0 bridgehead atoms. The minimum atomic E-state index is -0.627. The molecule has 5 heteroatoms. The van der Waals surface area contributed by atoms with Gasteiger partial charge in [-0.2, -0.15) is 0 Å². The smallest absolute Gasteiger partial charge is 0.248 e. The summed E-state index contributed by atoms with van der Waals surface area (Å²) in [5, 5.41) is 6.03. The van der Waals surface area contributed by atoms with E-state index >= 15 is 0 Å². The highest BCUT2D eigenvalue weighted by Crippen LogP contribution is 2.14. The molecule has 0 aliphatic heterocycles. The van der Waals surface area contributed by atoms with E-state index in [-0.39, 0.29) is 5.56 Å². The van der Waals surface area contributed by atoms with E-state index in [1.807, 2.05) is 6.92 Å². The van der Waals surface area contributed by atoms with Crippen molar-refractivity contribution in [3.05, 3.63) is 29.6 Å². The largest absolute Gasteiger partial charge is 0.381 e. The number of nitrogens with one attached hydrogen (secondary N) is 2. The van der Waals surface area contributed by atoms with Crippen LogP contribution >= 0.6 is 0 Å². The van der Waals surface area contributed by atoms with Gasteiger partial charge in [-0.25, -0.2) is 4.39 Å². The van der Waals surface area contributed by atoms with E-state index in [9.17, 15) is 9.18 Å². The molecule has 16 heavy (non-hydrogen) atoms. The molecule has 1 aromatic rings. The van der Waals surface area contributed by atoms with Crippen molar-refractivity contribution in [2.75, 3.05) is 25.0 Å². The van der Waals surface area contributed by atoms with Crippen LogP contribution in [0, 0.1) is 5.82 Å². The third-order valence-electron chi connectivity index (χ3n) is 2.12. The first-order chi connectivity index (χ1) is 7.65. The van der Waals surface area contributed by atoms with Crippen molar-refractivity contribution >= 4 is 11.6 Å². The Kier molecular flexibility index (Phi) is 4.72. The van der Waals surface area contributed by atoms with Crippen LogP contribution in [0.4, 0.5) is 10.1 Å². The first-order valence-corrected chi connectivity index (χ1v) is 5.19. The number of amides is 1. The van der Waals surface area contributed by atoms with Gasteiger partial charge in [0.2, 0.25) is 5.91 Å².